The quantitative estimate of drug-likeness (QED) is 0.203. The number of hydrogen-bond acceptors (Lipinski definition) is 9. The van der Waals surface area contributed by atoms with Crippen LogP contribution in [0.2, 0.25) is 0 Å². The molecule has 0 amide bonds. The van der Waals surface area contributed by atoms with Crippen LogP contribution in [0.4, 0.5) is 0 Å². The van der Waals surface area contributed by atoms with Gasteiger partial charge < -0.3 is 34.3 Å². The molecular weight excluding hydrogens is 540 g/mol. The Morgan fingerprint density at radius 3 is 2.38 bits per heavy atom. The van der Waals surface area contributed by atoms with E-state index in [0.29, 0.717) is 12.0 Å². The summed E-state index contributed by atoms with van der Waals surface area (Å²) in [5.74, 6) is -0.360. The summed E-state index contributed by atoms with van der Waals surface area (Å²) in [5, 5.41) is 31.5. The largest absolute Gasteiger partial charge is 0.462 e. The summed E-state index contributed by atoms with van der Waals surface area (Å²) in [5.41, 5.74) is 2.18. The molecule has 1 saturated heterocycles. The van der Waals surface area contributed by atoms with Crippen LogP contribution in [0.15, 0.2) is 34.9 Å². The summed E-state index contributed by atoms with van der Waals surface area (Å²) in [6.45, 7) is 17.5. The van der Waals surface area contributed by atoms with Gasteiger partial charge in [-0.05, 0) is 83.6 Å². The summed E-state index contributed by atoms with van der Waals surface area (Å²) < 4.78 is 23.6. The van der Waals surface area contributed by atoms with Gasteiger partial charge in [0.1, 0.15) is 31.0 Å². The highest BCUT2D eigenvalue weighted by Gasteiger charge is 2.61. The first-order chi connectivity index (χ1) is 19.5. The summed E-state index contributed by atoms with van der Waals surface area (Å²) in [6, 6.07) is 0. The van der Waals surface area contributed by atoms with E-state index in [1.54, 1.807) is 26.8 Å². The van der Waals surface area contributed by atoms with Crippen LogP contribution in [-0.2, 0) is 28.5 Å². The standard InChI is InChI=1S/C33H52O9/c1-10-19(3)30(38)42-29-24(41-31-28(37)27(36)26(35)21(5)40-31)17-33(9)23(13-11-18(2)15-16-39-22(6)34)20(4)12-14-25(33)32(29,7)8/h10,12,15,21,23-29,31,35-37H,11,13-14,16-17H2,1-9H3/b18-15+,19-10-/t21-,23+,24-,25+,26-,27+,28+,29+,31+,33-/m0/s1. The molecule has 1 aliphatic heterocycles. The molecule has 2 fully saturated rings. The van der Waals surface area contributed by atoms with Gasteiger partial charge in [0.2, 0.25) is 0 Å². The van der Waals surface area contributed by atoms with E-state index in [4.69, 9.17) is 18.9 Å². The third-order valence-electron chi connectivity index (χ3n) is 10.1. The predicted molar refractivity (Wildman–Crippen MR) is 158 cm³/mol. The number of fused-ring (bicyclic) bond motifs is 1. The molecule has 0 bridgehead atoms. The van der Waals surface area contributed by atoms with Crippen LogP contribution in [-0.4, -0.2) is 76.8 Å². The van der Waals surface area contributed by atoms with Crippen molar-refractivity contribution in [2.45, 2.75) is 131 Å². The smallest absolute Gasteiger partial charge is 0.333 e. The van der Waals surface area contributed by atoms with Gasteiger partial charge in [0.05, 0.1) is 12.2 Å². The van der Waals surface area contributed by atoms with Crippen molar-refractivity contribution in [2.24, 2.45) is 22.7 Å². The van der Waals surface area contributed by atoms with Gasteiger partial charge >= 0.3 is 11.9 Å². The van der Waals surface area contributed by atoms with E-state index in [1.165, 1.54) is 12.5 Å². The van der Waals surface area contributed by atoms with Gasteiger partial charge in [0, 0.05) is 17.9 Å². The first-order valence-corrected chi connectivity index (χ1v) is 15.2. The Balaban J connectivity index is 1.96. The number of esters is 2. The Morgan fingerprint density at radius 2 is 1.76 bits per heavy atom. The van der Waals surface area contributed by atoms with Gasteiger partial charge in [-0.15, -0.1) is 0 Å². The SMILES string of the molecule is C/C=C(/C)C(=O)O[C@@H]1[C@@H](O[C@H]2O[C@@H](C)[C@H](O)[C@@H](O)[C@H]2O)C[C@@]2(C)[C@H](CC/C(C)=C/COC(C)=O)C(C)=CC[C@@H]2C1(C)C. The summed E-state index contributed by atoms with van der Waals surface area (Å²) in [4.78, 5) is 24.3. The molecule has 3 N–H and O–H groups in total. The van der Waals surface area contributed by atoms with E-state index >= 15 is 0 Å². The fourth-order valence-electron chi connectivity index (χ4n) is 7.44. The summed E-state index contributed by atoms with van der Waals surface area (Å²) in [6.07, 6.45) is 1.67. The second kappa shape index (κ2) is 13.7. The third-order valence-corrected chi connectivity index (χ3v) is 10.1. The molecule has 1 heterocycles. The minimum Gasteiger partial charge on any atom is -0.462 e. The van der Waals surface area contributed by atoms with Crippen molar-refractivity contribution in [3.8, 4) is 0 Å². The van der Waals surface area contributed by atoms with Crippen LogP contribution < -0.4 is 0 Å². The van der Waals surface area contributed by atoms with Crippen LogP contribution in [0.1, 0.15) is 88.0 Å². The van der Waals surface area contributed by atoms with Crippen LogP contribution in [0.5, 0.6) is 0 Å². The zero-order valence-corrected chi connectivity index (χ0v) is 26.8. The average Bonchev–Trinajstić information content (AvgIpc) is 2.91. The first kappa shape index (κ1) is 34.5. The Labute approximate surface area is 250 Å². The van der Waals surface area contributed by atoms with Crippen molar-refractivity contribution in [1.29, 1.82) is 0 Å². The number of aliphatic hydroxyl groups excluding tert-OH is 3. The molecule has 10 atom stereocenters. The maximum atomic E-state index is 13.1. The third kappa shape index (κ3) is 7.18. The Morgan fingerprint density at radius 1 is 1.10 bits per heavy atom. The second-order valence-electron chi connectivity index (χ2n) is 13.4. The highest BCUT2D eigenvalue weighted by atomic mass is 16.7. The van der Waals surface area contributed by atoms with Crippen molar-refractivity contribution >= 4 is 11.9 Å². The maximum Gasteiger partial charge on any atom is 0.333 e. The van der Waals surface area contributed by atoms with Gasteiger partial charge in [-0.1, -0.05) is 44.1 Å². The maximum absolute atomic E-state index is 13.1. The molecule has 0 aromatic heterocycles. The van der Waals surface area contributed by atoms with Gasteiger partial charge in [0.25, 0.3) is 0 Å². The van der Waals surface area contributed by atoms with E-state index in [1.807, 2.05) is 13.0 Å². The number of hydrogen-bond donors (Lipinski definition) is 3. The zero-order chi connectivity index (χ0) is 31.6. The van der Waals surface area contributed by atoms with Crippen molar-refractivity contribution < 1.29 is 43.9 Å². The molecule has 2 aliphatic carbocycles. The van der Waals surface area contributed by atoms with Crippen molar-refractivity contribution in [3.63, 3.8) is 0 Å². The lowest BCUT2D eigenvalue weighted by molar-refractivity contribution is -0.325. The van der Waals surface area contributed by atoms with E-state index in [-0.39, 0.29) is 29.8 Å². The fourth-order valence-corrected chi connectivity index (χ4v) is 7.44. The van der Waals surface area contributed by atoms with Crippen LogP contribution in [0.25, 0.3) is 0 Å². The van der Waals surface area contributed by atoms with Crippen LogP contribution >= 0.6 is 0 Å². The van der Waals surface area contributed by atoms with Crippen molar-refractivity contribution in [3.05, 3.63) is 34.9 Å². The summed E-state index contributed by atoms with van der Waals surface area (Å²) in [7, 11) is 0. The van der Waals surface area contributed by atoms with Crippen LogP contribution in [0, 0.1) is 22.7 Å². The number of ether oxygens (including phenoxy) is 4. The molecule has 9 nitrogen and oxygen atoms in total. The lowest BCUT2D eigenvalue weighted by Crippen LogP contribution is -2.64. The average molecular weight is 593 g/mol. The number of aliphatic hydroxyl groups is 3. The Bertz CT molecular complexity index is 1080. The molecule has 0 aromatic carbocycles. The molecule has 3 rings (SSSR count). The zero-order valence-electron chi connectivity index (χ0n) is 26.8. The van der Waals surface area contributed by atoms with Crippen molar-refractivity contribution in [2.75, 3.05) is 6.61 Å². The van der Waals surface area contributed by atoms with Gasteiger partial charge in [0.15, 0.2) is 6.29 Å². The van der Waals surface area contributed by atoms with Gasteiger partial charge in [-0.25, -0.2) is 4.79 Å². The van der Waals surface area contributed by atoms with Gasteiger partial charge in [-0.2, -0.15) is 0 Å². The number of allylic oxidation sites excluding steroid dienone is 4. The lowest BCUT2D eigenvalue weighted by atomic mass is 9.46. The molecule has 3 aliphatic rings. The second-order valence-corrected chi connectivity index (χ2v) is 13.4. The highest BCUT2D eigenvalue weighted by Crippen LogP contribution is 2.62. The Kier molecular flexibility index (Phi) is 11.3. The molecule has 0 spiro atoms. The number of carbonyl (C=O) groups excluding carboxylic acids is 2. The molecule has 238 valence electrons. The fraction of sp³-hybridized carbons (Fsp3) is 0.758. The lowest BCUT2D eigenvalue weighted by Gasteiger charge is -2.61. The van der Waals surface area contributed by atoms with Crippen LogP contribution in [0.3, 0.4) is 0 Å². The minimum atomic E-state index is -1.47. The van der Waals surface area contributed by atoms with E-state index in [2.05, 4.69) is 33.8 Å². The molecular formula is C33H52O9. The number of rotatable bonds is 9. The molecule has 1 saturated carbocycles. The van der Waals surface area contributed by atoms with Gasteiger partial charge in [-0.3, -0.25) is 4.79 Å². The minimum absolute atomic E-state index is 0.163. The van der Waals surface area contributed by atoms with E-state index in [9.17, 15) is 24.9 Å². The first-order valence-electron chi connectivity index (χ1n) is 15.2. The molecule has 0 aromatic rings. The predicted octanol–water partition coefficient (Wildman–Crippen LogP) is 4.39. The molecule has 9 heteroatoms. The Hall–Kier alpha value is -2.04. The molecule has 42 heavy (non-hydrogen) atoms. The normalized spacial score (nSPS) is 38.8. The highest BCUT2D eigenvalue weighted by molar-refractivity contribution is 5.87. The van der Waals surface area contributed by atoms with E-state index in [0.717, 1.165) is 24.8 Å². The molecule has 0 unspecified atom stereocenters. The van der Waals surface area contributed by atoms with Crippen molar-refractivity contribution in [1.82, 2.24) is 0 Å². The summed E-state index contributed by atoms with van der Waals surface area (Å²) >= 11 is 0. The number of carbonyl (C=O) groups is 2. The molecule has 0 radical (unpaired) electrons. The van der Waals surface area contributed by atoms with E-state index < -0.39 is 54.3 Å². The monoisotopic (exact) mass is 592 g/mol. The topological polar surface area (TPSA) is 132 Å².